The summed E-state index contributed by atoms with van der Waals surface area (Å²) in [6, 6.07) is 13.0. The van der Waals surface area contributed by atoms with Crippen LogP contribution in [0.25, 0.3) is 0 Å². The Bertz CT molecular complexity index is 800. The van der Waals surface area contributed by atoms with E-state index in [0.717, 1.165) is 43.5 Å². The molecule has 1 aliphatic rings. The van der Waals surface area contributed by atoms with Gasteiger partial charge >= 0.3 is 0 Å². The Balaban J connectivity index is 1.44. The summed E-state index contributed by atoms with van der Waals surface area (Å²) in [5.74, 6) is 0.146. The first kappa shape index (κ1) is 19.7. The quantitative estimate of drug-likeness (QED) is 0.726. The molecule has 1 heterocycles. The second-order valence-corrected chi connectivity index (χ2v) is 7.59. The van der Waals surface area contributed by atoms with Crippen LogP contribution < -0.4 is 10.2 Å². The minimum atomic E-state index is 0.0381. The Morgan fingerprint density at radius 2 is 1.81 bits per heavy atom. The standard InChI is InChI=1S/C21H22Cl2N2O2/c22-18-4-3-16(20(23)13-18)7-10-24-21(27)17-8-11-25(12-9-17)19-5-1-15(14-26)2-6-19/h1-6,13-14,17H,7-12H2,(H,24,27). The number of piperidine rings is 1. The fourth-order valence-corrected chi connectivity index (χ4v) is 3.86. The smallest absolute Gasteiger partial charge is 0.223 e. The van der Waals surface area contributed by atoms with E-state index in [2.05, 4.69) is 10.2 Å². The molecule has 27 heavy (non-hydrogen) atoms. The van der Waals surface area contributed by atoms with Gasteiger partial charge in [-0.3, -0.25) is 9.59 Å². The third-order valence-corrected chi connectivity index (χ3v) is 5.56. The van der Waals surface area contributed by atoms with Gasteiger partial charge in [-0.1, -0.05) is 29.3 Å². The maximum atomic E-state index is 12.4. The first-order valence-electron chi connectivity index (χ1n) is 9.08. The third-order valence-electron chi connectivity index (χ3n) is 4.97. The summed E-state index contributed by atoms with van der Waals surface area (Å²) in [4.78, 5) is 25.4. The normalized spacial score (nSPS) is 14.8. The molecule has 0 spiro atoms. The lowest BCUT2D eigenvalue weighted by molar-refractivity contribution is -0.125. The molecule has 6 heteroatoms. The Hall–Kier alpha value is -2.04. The van der Waals surface area contributed by atoms with Gasteiger partial charge in [0.15, 0.2) is 0 Å². The van der Waals surface area contributed by atoms with Gasteiger partial charge in [0.2, 0.25) is 5.91 Å². The zero-order valence-corrected chi connectivity index (χ0v) is 16.5. The Labute approximate surface area is 169 Å². The molecule has 0 bridgehead atoms. The number of carbonyl (C=O) groups excluding carboxylic acids is 2. The van der Waals surface area contributed by atoms with Crippen LogP contribution in [0.5, 0.6) is 0 Å². The van der Waals surface area contributed by atoms with Gasteiger partial charge < -0.3 is 10.2 Å². The first-order chi connectivity index (χ1) is 13.1. The second-order valence-electron chi connectivity index (χ2n) is 6.75. The summed E-state index contributed by atoms with van der Waals surface area (Å²) < 4.78 is 0. The highest BCUT2D eigenvalue weighted by molar-refractivity contribution is 6.35. The van der Waals surface area contributed by atoms with E-state index in [4.69, 9.17) is 23.2 Å². The van der Waals surface area contributed by atoms with Crippen LogP contribution in [0.15, 0.2) is 42.5 Å². The number of nitrogens with one attached hydrogen (secondary N) is 1. The van der Waals surface area contributed by atoms with Crippen LogP contribution >= 0.6 is 23.2 Å². The maximum absolute atomic E-state index is 12.4. The SMILES string of the molecule is O=Cc1ccc(N2CCC(C(=O)NCCc3ccc(Cl)cc3Cl)CC2)cc1. The second kappa shape index (κ2) is 9.25. The Morgan fingerprint density at radius 1 is 1.11 bits per heavy atom. The molecule has 0 aromatic heterocycles. The molecular weight excluding hydrogens is 383 g/mol. The minimum Gasteiger partial charge on any atom is -0.371 e. The van der Waals surface area contributed by atoms with Crippen LogP contribution in [0, 0.1) is 5.92 Å². The van der Waals surface area contributed by atoms with Crippen LogP contribution in [0.4, 0.5) is 5.69 Å². The van der Waals surface area contributed by atoms with Crippen molar-refractivity contribution in [2.75, 3.05) is 24.5 Å². The van der Waals surface area contributed by atoms with Gasteiger partial charge in [0, 0.05) is 46.8 Å². The monoisotopic (exact) mass is 404 g/mol. The summed E-state index contributed by atoms with van der Waals surface area (Å²) in [5, 5.41) is 4.27. The number of anilines is 1. The molecule has 1 aliphatic heterocycles. The van der Waals surface area contributed by atoms with Gasteiger partial charge in [0.25, 0.3) is 0 Å². The average molecular weight is 405 g/mol. The molecule has 0 radical (unpaired) electrons. The molecule has 0 aliphatic carbocycles. The molecule has 1 N–H and O–H groups in total. The van der Waals surface area contributed by atoms with Crippen molar-refractivity contribution in [1.29, 1.82) is 0 Å². The molecule has 2 aromatic rings. The van der Waals surface area contributed by atoms with E-state index in [1.165, 1.54) is 0 Å². The topological polar surface area (TPSA) is 49.4 Å². The van der Waals surface area contributed by atoms with Crippen molar-refractivity contribution in [3.05, 3.63) is 63.6 Å². The van der Waals surface area contributed by atoms with E-state index in [-0.39, 0.29) is 11.8 Å². The Morgan fingerprint density at radius 3 is 2.44 bits per heavy atom. The van der Waals surface area contributed by atoms with Crippen LogP contribution in [0.2, 0.25) is 10.0 Å². The predicted molar refractivity (Wildman–Crippen MR) is 110 cm³/mol. The lowest BCUT2D eigenvalue weighted by Gasteiger charge is -2.33. The largest absolute Gasteiger partial charge is 0.371 e. The Kier molecular flexibility index (Phi) is 6.75. The van der Waals surface area contributed by atoms with Gasteiger partial charge in [-0.05, 0) is 61.2 Å². The van der Waals surface area contributed by atoms with Crippen molar-refractivity contribution in [1.82, 2.24) is 5.32 Å². The van der Waals surface area contributed by atoms with Crippen molar-refractivity contribution in [2.24, 2.45) is 5.92 Å². The fourth-order valence-electron chi connectivity index (χ4n) is 3.35. The minimum absolute atomic E-state index is 0.0381. The van der Waals surface area contributed by atoms with Gasteiger partial charge in [0.1, 0.15) is 6.29 Å². The molecule has 4 nitrogen and oxygen atoms in total. The lowest BCUT2D eigenvalue weighted by atomic mass is 9.95. The average Bonchev–Trinajstić information content (AvgIpc) is 2.70. The molecular formula is C21H22Cl2N2O2. The molecule has 0 saturated carbocycles. The summed E-state index contributed by atoms with van der Waals surface area (Å²) in [5.41, 5.74) is 2.75. The van der Waals surface area contributed by atoms with Crippen LogP contribution in [-0.2, 0) is 11.2 Å². The van der Waals surface area contributed by atoms with Crippen molar-refractivity contribution in [3.8, 4) is 0 Å². The number of hydrogen-bond acceptors (Lipinski definition) is 3. The van der Waals surface area contributed by atoms with Crippen molar-refractivity contribution in [2.45, 2.75) is 19.3 Å². The van der Waals surface area contributed by atoms with Crippen molar-refractivity contribution < 1.29 is 9.59 Å². The molecule has 3 rings (SSSR count). The summed E-state index contributed by atoms with van der Waals surface area (Å²) in [7, 11) is 0. The van der Waals surface area contributed by atoms with E-state index in [9.17, 15) is 9.59 Å². The van der Waals surface area contributed by atoms with E-state index in [1.807, 2.05) is 36.4 Å². The summed E-state index contributed by atoms with van der Waals surface area (Å²) in [6.45, 7) is 2.23. The zero-order chi connectivity index (χ0) is 19.2. The van der Waals surface area contributed by atoms with Crippen LogP contribution in [-0.4, -0.2) is 31.8 Å². The number of carbonyl (C=O) groups is 2. The van der Waals surface area contributed by atoms with Crippen LogP contribution in [0.1, 0.15) is 28.8 Å². The highest BCUT2D eigenvalue weighted by atomic mass is 35.5. The fraction of sp³-hybridized carbons (Fsp3) is 0.333. The number of nitrogens with zero attached hydrogens (tertiary/aromatic N) is 1. The first-order valence-corrected chi connectivity index (χ1v) is 9.84. The number of halogens is 2. The number of benzene rings is 2. The number of amides is 1. The van der Waals surface area contributed by atoms with E-state index >= 15 is 0 Å². The molecule has 0 atom stereocenters. The van der Waals surface area contributed by atoms with Gasteiger partial charge in [-0.15, -0.1) is 0 Å². The van der Waals surface area contributed by atoms with E-state index < -0.39 is 0 Å². The predicted octanol–water partition coefficient (Wildman–Crippen LogP) is 4.38. The molecule has 142 valence electrons. The van der Waals surface area contributed by atoms with Gasteiger partial charge in [0.05, 0.1) is 0 Å². The number of rotatable bonds is 6. The molecule has 0 unspecified atom stereocenters. The number of hydrogen-bond donors (Lipinski definition) is 1. The highest BCUT2D eigenvalue weighted by Crippen LogP contribution is 2.24. The van der Waals surface area contributed by atoms with Gasteiger partial charge in [-0.2, -0.15) is 0 Å². The summed E-state index contributed by atoms with van der Waals surface area (Å²) >= 11 is 12.1. The number of aldehydes is 1. The van der Waals surface area contributed by atoms with Crippen LogP contribution in [0.3, 0.4) is 0 Å². The summed E-state index contributed by atoms with van der Waals surface area (Å²) in [6.07, 6.45) is 3.17. The van der Waals surface area contributed by atoms with E-state index in [1.54, 1.807) is 6.07 Å². The molecule has 1 fully saturated rings. The zero-order valence-electron chi connectivity index (χ0n) is 15.0. The highest BCUT2D eigenvalue weighted by Gasteiger charge is 2.24. The molecule has 2 aromatic carbocycles. The van der Waals surface area contributed by atoms with Gasteiger partial charge in [-0.25, -0.2) is 0 Å². The third kappa shape index (κ3) is 5.24. The lowest BCUT2D eigenvalue weighted by Crippen LogP contribution is -2.41. The van der Waals surface area contributed by atoms with Crippen molar-refractivity contribution >= 4 is 41.1 Å². The van der Waals surface area contributed by atoms with Crippen molar-refractivity contribution in [3.63, 3.8) is 0 Å². The molecule has 1 saturated heterocycles. The molecule has 1 amide bonds. The maximum Gasteiger partial charge on any atom is 0.223 e. The van der Waals surface area contributed by atoms with E-state index in [0.29, 0.717) is 28.6 Å².